The van der Waals surface area contributed by atoms with Crippen molar-refractivity contribution in [3.05, 3.63) is 65.5 Å². The number of carbonyl (C=O) groups is 1. The van der Waals surface area contributed by atoms with Gasteiger partial charge in [-0.3, -0.25) is 4.79 Å². The summed E-state index contributed by atoms with van der Waals surface area (Å²) in [5.41, 5.74) is 2.85. The molecule has 0 aliphatic carbocycles. The molecule has 0 aliphatic rings. The molecule has 0 unspecified atom stereocenters. The molecule has 0 fully saturated rings. The van der Waals surface area contributed by atoms with Crippen molar-refractivity contribution in [1.29, 1.82) is 0 Å². The van der Waals surface area contributed by atoms with Crippen LogP contribution in [0.15, 0.2) is 52.9 Å². The van der Waals surface area contributed by atoms with Gasteiger partial charge in [-0.05, 0) is 55.3 Å². The van der Waals surface area contributed by atoms with Gasteiger partial charge in [0, 0.05) is 24.9 Å². The minimum absolute atomic E-state index is 0.0253. The van der Waals surface area contributed by atoms with E-state index in [-0.39, 0.29) is 5.91 Å². The van der Waals surface area contributed by atoms with E-state index >= 15 is 0 Å². The molecule has 0 aliphatic heterocycles. The fraction of sp³-hybridized carbons (Fsp3) is 0.304. The van der Waals surface area contributed by atoms with Gasteiger partial charge in [0.15, 0.2) is 0 Å². The van der Waals surface area contributed by atoms with Gasteiger partial charge in [-0.15, -0.1) is 0 Å². The summed E-state index contributed by atoms with van der Waals surface area (Å²) >= 11 is 0. The molecule has 0 atom stereocenters. The molecule has 152 valence electrons. The topological polar surface area (TPSA) is 73.6 Å². The Hall–Kier alpha value is -3.28. The van der Waals surface area contributed by atoms with E-state index in [1.165, 1.54) is 0 Å². The van der Waals surface area contributed by atoms with Crippen molar-refractivity contribution >= 4 is 5.91 Å². The van der Waals surface area contributed by atoms with E-state index < -0.39 is 0 Å². The lowest BCUT2D eigenvalue weighted by atomic mass is 10.1. The van der Waals surface area contributed by atoms with E-state index in [0.29, 0.717) is 31.7 Å². The first-order valence-corrected chi connectivity index (χ1v) is 9.59. The molecule has 0 spiro atoms. The van der Waals surface area contributed by atoms with Crippen LogP contribution in [0.5, 0.6) is 11.5 Å². The Kier molecular flexibility index (Phi) is 6.89. The van der Waals surface area contributed by atoms with E-state index in [1.54, 1.807) is 14.2 Å². The molecule has 0 bridgehead atoms. The fourth-order valence-electron chi connectivity index (χ4n) is 2.98. The SMILES string of the molecule is COc1ccc(CCC(=O)NCCc2nc(-c3ccc(OC)cc3)oc2C)cc1. The highest BCUT2D eigenvalue weighted by Crippen LogP contribution is 2.24. The summed E-state index contributed by atoms with van der Waals surface area (Å²) in [5.74, 6) is 2.97. The maximum Gasteiger partial charge on any atom is 0.226 e. The van der Waals surface area contributed by atoms with Gasteiger partial charge in [-0.1, -0.05) is 12.1 Å². The summed E-state index contributed by atoms with van der Waals surface area (Å²) in [6.07, 6.45) is 1.77. The smallest absolute Gasteiger partial charge is 0.226 e. The van der Waals surface area contributed by atoms with Gasteiger partial charge in [-0.25, -0.2) is 4.98 Å². The highest BCUT2D eigenvalue weighted by atomic mass is 16.5. The van der Waals surface area contributed by atoms with Gasteiger partial charge < -0.3 is 19.2 Å². The summed E-state index contributed by atoms with van der Waals surface area (Å²) in [7, 11) is 3.27. The van der Waals surface area contributed by atoms with Crippen LogP contribution in [-0.4, -0.2) is 31.7 Å². The second-order valence-electron chi connectivity index (χ2n) is 6.70. The number of nitrogens with one attached hydrogen (secondary N) is 1. The van der Waals surface area contributed by atoms with Gasteiger partial charge in [0.05, 0.1) is 19.9 Å². The van der Waals surface area contributed by atoms with E-state index in [4.69, 9.17) is 13.9 Å². The first-order chi connectivity index (χ1) is 14.1. The van der Waals surface area contributed by atoms with Crippen LogP contribution in [0.2, 0.25) is 0 Å². The highest BCUT2D eigenvalue weighted by Gasteiger charge is 2.12. The number of nitrogens with zero attached hydrogens (tertiary/aromatic N) is 1. The largest absolute Gasteiger partial charge is 0.497 e. The molecular formula is C23H26N2O4. The van der Waals surface area contributed by atoms with Crippen molar-refractivity contribution in [1.82, 2.24) is 10.3 Å². The number of aromatic nitrogens is 1. The van der Waals surface area contributed by atoms with Gasteiger partial charge in [0.1, 0.15) is 17.3 Å². The van der Waals surface area contributed by atoms with Gasteiger partial charge >= 0.3 is 0 Å². The third kappa shape index (κ3) is 5.60. The molecule has 1 N–H and O–H groups in total. The molecule has 3 aromatic rings. The van der Waals surface area contributed by atoms with E-state index in [1.807, 2.05) is 55.5 Å². The maximum absolute atomic E-state index is 12.1. The van der Waals surface area contributed by atoms with E-state index in [0.717, 1.165) is 34.1 Å². The number of hydrogen-bond donors (Lipinski definition) is 1. The zero-order valence-corrected chi connectivity index (χ0v) is 17.0. The minimum atomic E-state index is 0.0253. The molecule has 0 saturated heterocycles. The number of ether oxygens (including phenoxy) is 2. The zero-order valence-electron chi connectivity index (χ0n) is 17.0. The van der Waals surface area contributed by atoms with Gasteiger partial charge in [0.25, 0.3) is 0 Å². The predicted octanol–water partition coefficient (Wildman–Crippen LogP) is 3.96. The van der Waals surface area contributed by atoms with Crippen LogP contribution in [0.25, 0.3) is 11.5 Å². The minimum Gasteiger partial charge on any atom is -0.497 e. The highest BCUT2D eigenvalue weighted by molar-refractivity contribution is 5.76. The van der Waals surface area contributed by atoms with Crippen LogP contribution in [0.1, 0.15) is 23.4 Å². The number of oxazole rings is 1. The van der Waals surface area contributed by atoms with Crippen molar-refractivity contribution < 1.29 is 18.7 Å². The molecule has 29 heavy (non-hydrogen) atoms. The average Bonchev–Trinajstić information content (AvgIpc) is 3.13. The van der Waals surface area contributed by atoms with Crippen LogP contribution in [0, 0.1) is 6.92 Å². The molecule has 1 heterocycles. The average molecular weight is 394 g/mol. The quantitative estimate of drug-likeness (QED) is 0.595. The normalized spacial score (nSPS) is 10.6. The van der Waals surface area contributed by atoms with Crippen molar-refractivity contribution in [3.8, 4) is 23.0 Å². The molecule has 6 nitrogen and oxygen atoms in total. The summed E-state index contributed by atoms with van der Waals surface area (Å²) in [6.45, 7) is 2.41. The summed E-state index contributed by atoms with van der Waals surface area (Å²) < 4.78 is 16.1. The molecular weight excluding hydrogens is 368 g/mol. The number of hydrogen-bond acceptors (Lipinski definition) is 5. The Balaban J connectivity index is 1.47. The lowest BCUT2D eigenvalue weighted by Gasteiger charge is -2.05. The van der Waals surface area contributed by atoms with Crippen molar-refractivity contribution in [2.75, 3.05) is 20.8 Å². The third-order valence-corrected chi connectivity index (χ3v) is 4.71. The van der Waals surface area contributed by atoms with Crippen LogP contribution in [0.4, 0.5) is 0 Å². The van der Waals surface area contributed by atoms with Gasteiger partial charge in [0.2, 0.25) is 11.8 Å². The van der Waals surface area contributed by atoms with Gasteiger partial charge in [-0.2, -0.15) is 0 Å². The van der Waals surface area contributed by atoms with Crippen molar-refractivity contribution in [2.45, 2.75) is 26.2 Å². The second-order valence-corrected chi connectivity index (χ2v) is 6.70. The lowest BCUT2D eigenvalue weighted by Crippen LogP contribution is -2.26. The summed E-state index contributed by atoms with van der Waals surface area (Å²) in [4.78, 5) is 16.7. The van der Waals surface area contributed by atoms with Crippen molar-refractivity contribution in [2.24, 2.45) is 0 Å². The molecule has 1 aromatic heterocycles. The monoisotopic (exact) mass is 394 g/mol. The Labute approximate surface area is 170 Å². The third-order valence-electron chi connectivity index (χ3n) is 4.71. The number of aryl methyl sites for hydroxylation is 2. The van der Waals surface area contributed by atoms with Crippen molar-refractivity contribution in [3.63, 3.8) is 0 Å². The van der Waals surface area contributed by atoms with Crippen LogP contribution in [0.3, 0.4) is 0 Å². The molecule has 1 amide bonds. The zero-order chi connectivity index (χ0) is 20.6. The van der Waals surface area contributed by atoms with Crippen LogP contribution in [-0.2, 0) is 17.6 Å². The summed E-state index contributed by atoms with van der Waals surface area (Å²) in [6, 6.07) is 15.3. The number of carbonyl (C=O) groups excluding carboxylic acids is 1. The number of amides is 1. The molecule has 3 rings (SSSR count). The molecule has 6 heteroatoms. The molecule has 0 radical (unpaired) electrons. The standard InChI is InChI=1S/C23H26N2O4/c1-16-21(25-23(29-16)18-7-11-20(28-3)12-8-18)14-15-24-22(26)13-6-17-4-9-19(27-2)10-5-17/h4-5,7-12H,6,13-15H2,1-3H3,(H,24,26). The first-order valence-electron chi connectivity index (χ1n) is 9.59. The van der Waals surface area contributed by atoms with Crippen LogP contribution < -0.4 is 14.8 Å². The van der Waals surface area contributed by atoms with E-state index in [9.17, 15) is 4.79 Å². The number of rotatable bonds is 9. The Morgan fingerprint density at radius 3 is 2.21 bits per heavy atom. The van der Waals surface area contributed by atoms with Crippen LogP contribution >= 0.6 is 0 Å². The Morgan fingerprint density at radius 2 is 1.59 bits per heavy atom. The number of methoxy groups -OCH3 is 2. The lowest BCUT2D eigenvalue weighted by molar-refractivity contribution is -0.121. The maximum atomic E-state index is 12.1. The molecule has 0 saturated carbocycles. The van der Waals surface area contributed by atoms with E-state index in [2.05, 4.69) is 10.3 Å². The Morgan fingerprint density at radius 1 is 0.966 bits per heavy atom. The first kappa shape index (κ1) is 20.5. The summed E-state index contributed by atoms with van der Waals surface area (Å²) in [5, 5.41) is 2.95. The molecule has 2 aromatic carbocycles. The fourth-order valence-corrected chi connectivity index (χ4v) is 2.98. The predicted molar refractivity (Wildman–Crippen MR) is 111 cm³/mol. The Bertz CT molecular complexity index is 931. The number of benzene rings is 2. The second kappa shape index (κ2) is 9.78.